The maximum atomic E-state index is 13.8. The number of carbonyl (C=O) groups is 1. The molecule has 0 saturated carbocycles. The highest BCUT2D eigenvalue weighted by Gasteiger charge is 2.15. The molecule has 2 rings (SSSR count). The van der Waals surface area contributed by atoms with Crippen molar-refractivity contribution in [3.8, 4) is 16.9 Å². The first kappa shape index (κ1) is 13.1. The molecule has 2 nitrogen and oxygen atoms in total. The van der Waals surface area contributed by atoms with Gasteiger partial charge in [-0.2, -0.15) is 0 Å². The molecule has 5 heteroatoms. The minimum absolute atomic E-state index is 0.0229. The molecule has 0 bridgehead atoms. The van der Waals surface area contributed by atoms with E-state index in [1.54, 1.807) is 0 Å². The fourth-order valence-electron chi connectivity index (χ4n) is 1.73. The zero-order valence-corrected chi connectivity index (χ0v) is 9.91. The number of hydrogen-bond donors (Lipinski definition) is 0. The Kier molecular flexibility index (Phi) is 3.55. The van der Waals surface area contributed by atoms with Gasteiger partial charge in [0.25, 0.3) is 0 Å². The molecule has 0 aliphatic heterocycles. The van der Waals surface area contributed by atoms with Crippen molar-refractivity contribution >= 4 is 6.29 Å². The van der Waals surface area contributed by atoms with Gasteiger partial charge in [-0.15, -0.1) is 0 Å². The van der Waals surface area contributed by atoms with Crippen molar-refractivity contribution in [3.05, 3.63) is 53.3 Å². The minimum atomic E-state index is -1.16. The molecule has 2 aromatic carbocycles. The van der Waals surface area contributed by atoms with Gasteiger partial charge in [-0.25, -0.2) is 13.2 Å². The Morgan fingerprint density at radius 3 is 2.26 bits per heavy atom. The second-order valence-corrected chi connectivity index (χ2v) is 3.82. The number of aldehydes is 1. The van der Waals surface area contributed by atoms with Crippen LogP contribution in [-0.4, -0.2) is 13.4 Å². The average molecular weight is 266 g/mol. The Hall–Kier alpha value is -2.30. The van der Waals surface area contributed by atoms with Crippen LogP contribution in [0.4, 0.5) is 13.2 Å². The van der Waals surface area contributed by atoms with Crippen LogP contribution in [-0.2, 0) is 0 Å². The minimum Gasteiger partial charge on any atom is -0.497 e. The number of ether oxygens (including phenoxy) is 1. The van der Waals surface area contributed by atoms with Gasteiger partial charge >= 0.3 is 0 Å². The SMILES string of the molecule is COc1ccc(F)c(-c2cc(F)c(F)cc2C=O)c1. The predicted molar refractivity (Wildman–Crippen MR) is 63.7 cm³/mol. The monoisotopic (exact) mass is 266 g/mol. The normalized spacial score (nSPS) is 10.3. The fraction of sp³-hybridized carbons (Fsp3) is 0.0714. The molecule has 19 heavy (non-hydrogen) atoms. The number of benzene rings is 2. The Morgan fingerprint density at radius 2 is 1.63 bits per heavy atom. The summed E-state index contributed by atoms with van der Waals surface area (Å²) in [7, 11) is 1.39. The Bertz CT molecular complexity index is 639. The highest BCUT2D eigenvalue weighted by molar-refractivity contribution is 5.88. The van der Waals surface area contributed by atoms with Crippen molar-refractivity contribution in [2.45, 2.75) is 0 Å². The van der Waals surface area contributed by atoms with Crippen LogP contribution in [0.25, 0.3) is 11.1 Å². The Labute approximate surface area is 107 Å². The van der Waals surface area contributed by atoms with E-state index in [0.717, 1.165) is 18.2 Å². The molecule has 0 atom stereocenters. The van der Waals surface area contributed by atoms with E-state index >= 15 is 0 Å². The molecule has 0 unspecified atom stereocenters. The lowest BCUT2D eigenvalue weighted by atomic mass is 9.99. The van der Waals surface area contributed by atoms with Crippen LogP contribution in [0.5, 0.6) is 5.75 Å². The third-order valence-corrected chi connectivity index (χ3v) is 2.68. The van der Waals surface area contributed by atoms with E-state index in [-0.39, 0.29) is 16.7 Å². The molecular formula is C14H9F3O2. The highest BCUT2D eigenvalue weighted by atomic mass is 19.2. The smallest absolute Gasteiger partial charge is 0.159 e. The van der Waals surface area contributed by atoms with E-state index in [1.807, 2.05) is 0 Å². The van der Waals surface area contributed by atoms with Crippen LogP contribution in [0.2, 0.25) is 0 Å². The van der Waals surface area contributed by atoms with Crippen LogP contribution < -0.4 is 4.74 Å². The maximum absolute atomic E-state index is 13.8. The van der Waals surface area contributed by atoms with Crippen LogP contribution >= 0.6 is 0 Å². The van der Waals surface area contributed by atoms with Crippen molar-refractivity contribution in [2.75, 3.05) is 7.11 Å². The van der Waals surface area contributed by atoms with Gasteiger partial charge in [0.05, 0.1) is 7.11 Å². The van der Waals surface area contributed by atoms with Gasteiger partial charge in [0.1, 0.15) is 11.6 Å². The zero-order valence-electron chi connectivity index (χ0n) is 9.91. The summed E-state index contributed by atoms with van der Waals surface area (Å²) in [4.78, 5) is 10.9. The fourth-order valence-corrected chi connectivity index (χ4v) is 1.73. The summed E-state index contributed by atoms with van der Waals surface area (Å²) in [5.74, 6) is -2.62. The first-order valence-corrected chi connectivity index (χ1v) is 5.35. The topological polar surface area (TPSA) is 26.3 Å². The van der Waals surface area contributed by atoms with Crippen molar-refractivity contribution in [2.24, 2.45) is 0 Å². The van der Waals surface area contributed by atoms with Gasteiger partial charge in [0, 0.05) is 11.1 Å². The molecule has 0 amide bonds. The van der Waals surface area contributed by atoms with Crippen LogP contribution in [0.3, 0.4) is 0 Å². The van der Waals surface area contributed by atoms with Gasteiger partial charge < -0.3 is 4.74 Å². The summed E-state index contributed by atoms with van der Waals surface area (Å²) in [5.41, 5.74) is -0.184. The molecule has 2 aromatic rings. The standard InChI is InChI=1S/C14H9F3O2/c1-19-9-2-3-12(15)11(5-9)10-6-14(17)13(16)4-8(10)7-18/h2-7H,1H3. The first-order valence-electron chi connectivity index (χ1n) is 5.35. The van der Waals surface area contributed by atoms with Crippen molar-refractivity contribution in [3.63, 3.8) is 0 Å². The van der Waals surface area contributed by atoms with Crippen molar-refractivity contribution < 1.29 is 22.7 Å². The summed E-state index contributed by atoms with van der Waals surface area (Å²) < 4.78 is 45.0. The lowest BCUT2D eigenvalue weighted by molar-refractivity contribution is 0.112. The largest absolute Gasteiger partial charge is 0.497 e. The molecule has 0 saturated heterocycles. The van der Waals surface area contributed by atoms with Crippen molar-refractivity contribution in [1.82, 2.24) is 0 Å². The summed E-state index contributed by atoms with van der Waals surface area (Å²) in [6.07, 6.45) is 0.344. The molecular weight excluding hydrogens is 257 g/mol. The van der Waals surface area contributed by atoms with E-state index in [1.165, 1.54) is 19.2 Å². The van der Waals surface area contributed by atoms with Gasteiger partial charge in [0.15, 0.2) is 17.9 Å². The lowest BCUT2D eigenvalue weighted by Gasteiger charge is -2.09. The van der Waals surface area contributed by atoms with Gasteiger partial charge in [-0.05, 0) is 35.9 Å². The molecule has 0 fully saturated rings. The summed E-state index contributed by atoms with van der Waals surface area (Å²) >= 11 is 0. The summed E-state index contributed by atoms with van der Waals surface area (Å²) in [6.45, 7) is 0. The van der Waals surface area contributed by atoms with E-state index in [2.05, 4.69) is 0 Å². The second-order valence-electron chi connectivity index (χ2n) is 3.82. The molecule has 98 valence electrons. The highest BCUT2D eigenvalue weighted by Crippen LogP contribution is 2.30. The van der Waals surface area contributed by atoms with Gasteiger partial charge in [-0.1, -0.05) is 0 Å². The van der Waals surface area contributed by atoms with Crippen molar-refractivity contribution in [1.29, 1.82) is 0 Å². The predicted octanol–water partition coefficient (Wildman–Crippen LogP) is 3.59. The summed E-state index contributed by atoms with van der Waals surface area (Å²) in [5, 5.41) is 0. The Morgan fingerprint density at radius 1 is 0.947 bits per heavy atom. The number of hydrogen-bond acceptors (Lipinski definition) is 2. The summed E-state index contributed by atoms with van der Waals surface area (Å²) in [6, 6.07) is 5.35. The molecule has 0 spiro atoms. The third kappa shape index (κ3) is 2.45. The van der Waals surface area contributed by atoms with E-state index in [0.29, 0.717) is 12.0 Å². The molecule has 0 radical (unpaired) electrons. The third-order valence-electron chi connectivity index (χ3n) is 2.68. The number of carbonyl (C=O) groups excluding carboxylic acids is 1. The number of rotatable bonds is 3. The molecule has 0 aliphatic rings. The Balaban J connectivity index is 2.70. The van der Waals surface area contributed by atoms with E-state index < -0.39 is 17.5 Å². The number of halogens is 3. The maximum Gasteiger partial charge on any atom is 0.159 e. The lowest BCUT2D eigenvalue weighted by Crippen LogP contribution is -1.96. The zero-order chi connectivity index (χ0) is 14.0. The van der Waals surface area contributed by atoms with Gasteiger partial charge in [0.2, 0.25) is 0 Å². The van der Waals surface area contributed by atoms with E-state index in [4.69, 9.17) is 4.74 Å². The molecule has 0 aromatic heterocycles. The first-order chi connectivity index (χ1) is 9.06. The quantitative estimate of drug-likeness (QED) is 0.793. The second kappa shape index (κ2) is 5.14. The van der Waals surface area contributed by atoms with Crippen LogP contribution in [0.15, 0.2) is 30.3 Å². The molecule has 0 heterocycles. The molecule has 0 aliphatic carbocycles. The van der Waals surface area contributed by atoms with Crippen LogP contribution in [0.1, 0.15) is 10.4 Å². The van der Waals surface area contributed by atoms with E-state index in [9.17, 15) is 18.0 Å². The molecule has 0 N–H and O–H groups in total. The van der Waals surface area contributed by atoms with Gasteiger partial charge in [-0.3, -0.25) is 4.79 Å². The average Bonchev–Trinajstić information content (AvgIpc) is 2.42. The number of methoxy groups -OCH3 is 1. The van der Waals surface area contributed by atoms with Crippen LogP contribution in [0, 0.1) is 17.5 Å².